The van der Waals surface area contributed by atoms with Gasteiger partial charge in [-0.3, -0.25) is 0 Å². The molecule has 0 amide bonds. The van der Waals surface area contributed by atoms with E-state index in [2.05, 4.69) is 121 Å². The van der Waals surface area contributed by atoms with Gasteiger partial charge in [-0.1, -0.05) is 92.5 Å². The first-order chi connectivity index (χ1) is 23.2. The molecular weight excluding hydrogens is 651 g/mol. The van der Waals surface area contributed by atoms with Crippen LogP contribution in [0, 0.1) is 0 Å². The summed E-state index contributed by atoms with van der Waals surface area (Å²) in [5.74, 6) is 0.954. The van der Waals surface area contributed by atoms with Gasteiger partial charge in [-0.05, 0) is 90.9 Å². The molecule has 3 heterocycles. The minimum absolute atomic E-state index is 0.0219. The van der Waals surface area contributed by atoms with Crippen LogP contribution in [-0.2, 0) is 5.41 Å². The Bertz CT molecular complexity index is 2450. The monoisotopic (exact) mass is 684 g/mol. The lowest BCUT2D eigenvalue weighted by Gasteiger charge is -2.34. The van der Waals surface area contributed by atoms with Gasteiger partial charge < -0.3 is 14.2 Å². The molecule has 6 heteroatoms. The summed E-state index contributed by atoms with van der Waals surface area (Å²) >= 11 is 15.7. The Hall–Kier alpha value is -4.22. The van der Waals surface area contributed by atoms with Gasteiger partial charge in [0.05, 0.1) is 15.7 Å². The molecule has 0 spiro atoms. The highest BCUT2D eigenvalue weighted by molar-refractivity contribution is 7.26. The van der Waals surface area contributed by atoms with Gasteiger partial charge in [0.25, 0.3) is 0 Å². The van der Waals surface area contributed by atoms with E-state index in [1.807, 2.05) is 29.5 Å². The standard InChI is InChI=1S/C42H34Cl2N2OS/c1-42(2,3)25-18-19-34-33(20-25)41-40(32-13-5-7-17-38(32)48-41)46(34)30-23-27(44)22-29(24-30)45(28-11-8-10-26(43)21-28)35-14-9-16-37-39(35)31-12-4-6-15-36(31)47-37/h4-8,10-13,15,17-24,37H,9,14,16H2,1-3H3. The molecule has 1 aliphatic heterocycles. The van der Waals surface area contributed by atoms with Crippen LogP contribution in [0.5, 0.6) is 5.75 Å². The normalized spacial score (nSPS) is 16.1. The maximum atomic E-state index is 7.14. The van der Waals surface area contributed by atoms with Crippen LogP contribution in [-0.4, -0.2) is 10.7 Å². The van der Waals surface area contributed by atoms with Crippen molar-refractivity contribution < 1.29 is 4.74 Å². The molecule has 3 nitrogen and oxygen atoms in total. The summed E-state index contributed by atoms with van der Waals surface area (Å²) in [6.45, 7) is 6.83. The Kier molecular flexibility index (Phi) is 6.95. The zero-order valence-corrected chi connectivity index (χ0v) is 29.4. The number of anilines is 2. The maximum absolute atomic E-state index is 7.14. The van der Waals surface area contributed by atoms with Crippen molar-refractivity contribution in [1.29, 1.82) is 0 Å². The highest BCUT2D eigenvalue weighted by Crippen LogP contribution is 2.49. The largest absolute Gasteiger partial charge is 0.485 e. The summed E-state index contributed by atoms with van der Waals surface area (Å²) < 4.78 is 11.5. The van der Waals surface area contributed by atoms with Gasteiger partial charge in [-0.2, -0.15) is 0 Å². The van der Waals surface area contributed by atoms with Gasteiger partial charge in [-0.25, -0.2) is 0 Å². The molecule has 0 saturated heterocycles. The second-order valence-electron chi connectivity index (χ2n) is 13.9. The lowest BCUT2D eigenvalue weighted by atomic mass is 9.86. The predicted molar refractivity (Wildman–Crippen MR) is 205 cm³/mol. The number of para-hydroxylation sites is 1. The minimum Gasteiger partial charge on any atom is -0.485 e. The van der Waals surface area contributed by atoms with Crippen molar-refractivity contribution in [2.45, 2.75) is 51.6 Å². The van der Waals surface area contributed by atoms with Crippen molar-refractivity contribution in [3.05, 3.63) is 136 Å². The van der Waals surface area contributed by atoms with Crippen molar-refractivity contribution in [2.24, 2.45) is 0 Å². The van der Waals surface area contributed by atoms with Gasteiger partial charge in [0.2, 0.25) is 0 Å². The Labute approximate surface area is 294 Å². The molecule has 0 N–H and O–H groups in total. The lowest BCUT2D eigenvalue weighted by molar-refractivity contribution is 0.255. The van der Waals surface area contributed by atoms with E-state index in [4.69, 9.17) is 27.9 Å². The number of nitrogens with zero attached hydrogens (tertiary/aromatic N) is 2. The summed E-state index contributed by atoms with van der Waals surface area (Å²) in [7, 11) is 0. The number of rotatable bonds is 4. The minimum atomic E-state index is 0.0219. The van der Waals surface area contributed by atoms with Crippen LogP contribution in [0.2, 0.25) is 10.0 Å². The van der Waals surface area contributed by atoms with E-state index in [1.165, 1.54) is 53.6 Å². The molecule has 1 atom stereocenters. The summed E-state index contributed by atoms with van der Waals surface area (Å²) in [6, 6.07) is 38.7. The fourth-order valence-electron chi connectivity index (χ4n) is 7.64. The predicted octanol–water partition coefficient (Wildman–Crippen LogP) is 13.1. The number of allylic oxidation sites excluding steroid dienone is 1. The average Bonchev–Trinajstić information content (AvgIpc) is 3.73. The van der Waals surface area contributed by atoms with Crippen molar-refractivity contribution in [1.82, 2.24) is 4.57 Å². The van der Waals surface area contributed by atoms with Crippen LogP contribution in [0.25, 0.3) is 42.5 Å². The Morgan fingerprint density at radius 1 is 0.792 bits per heavy atom. The highest BCUT2D eigenvalue weighted by Gasteiger charge is 2.36. The number of hydrogen-bond donors (Lipinski definition) is 0. The number of ether oxygens (including phenoxy) is 1. The summed E-state index contributed by atoms with van der Waals surface area (Å²) in [6.07, 6.45) is 2.96. The molecule has 1 aliphatic carbocycles. The maximum Gasteiger partial charge on any atom is 0.127 e. The highest BCUT2D eigenvalue weighted by atomic mass is 35.5. The van der Waals surface area contributed by atoms with Crippen molar-refractivity contribution in [2.75, 3.05) is 4.90 Å². The van der Waals surface area contributed by atoms with Crippen LogP contribution < -0.4 is 9.64 Å². The third-order valence-electron chi connectivity index (χ3n) is 9.82. The molecule has 2 aromatic heterocycles. The van der Waals surface area contributed by atoms with Gasteiger partial charge in [-0.15, -0.1) is 11.3 Å². The number of fused-ring (bicyclic) bond motifs is 8. The zero-order valence-electron chi connectivity index (χ0n) is 27.1. The molecule has 48 heavy (non-hydrogen) atoms. The molecule has 2 aliphatic rings. The van der Waals surface area contributed by atoms with E-state index in [0.29, 0.717) is 10.0 Å². The molecular formula is C42H34Cl2N2OS. The number of benzene rings is 5. The second-order valence-corrected chi connectivity index (χ2v) is 15.9. The molecule has 9 rings (SSSR count). The number of halogens is 2. The smallest absolute Gasteiger partial charge is 0.127 e. The molecule has 0 radical (unpaired) electrons. The molecule has 0 saturated carbocycles. The second kappa shape index (κ2) is 11.2. The van der Waals surface area contributed by atoms with E-state index in [9.17, 15) is 0 Å². The van der Waals surface area contributed by atoms with Crippen LogP contribution in [0.3, 0.4) is 0 Å². The summed E-state index contributed by atoms with van der Waals surface area (Å²) in [5, 5.41) is 3.89. The molecule has 7 aromatic rings. The quantitative estimate of drug-likeness (QED) is 0.183. The van der Waals surface area contributed by atoms with E-state index in [1.54, 1.807) is 0 Å². The van der Waals surface area contributed by atoms with Crippen molar-refractivity contribution in [3.63, 3.8) is 0 Å². The van der Waals surface area contributed by atoms with Gasteiger partial charge in [0, 0.05) is 59.4 Å². The number of hydrogen-bond acceptors (Lipinski definition) is 3. The first kappa shape index (κ1) is 29.9. The topological polar surface area (TPSA) is 17.4 Å². The molecule has 0 bridgehead atoms. The van der Waals surface area contributed by atoms with E-state index in [0.717, 1.165) is 42.1 Å². The van der Waals surface area contributed by atoms with Crippen LogP contribution in [0.1, 0.15) is 51.2 Å². The Morgan fingerprint density at radius 2 is 1.60 bits per heavy atom. The Morgan fingerprint density at radius 3 is 2.46 bits per heavy atom. The Balaban J connectivity index is 1.33. The van der Waals surface area contributed by atoms with Crippen molar-refractivity contribution in [3.8, 4) is 11.4 Å². The van der Waals surface area contributed by atoms with Gasteiger partial charge in [0.15, 0.2) is 0 Å². The molecule has 238 valence electrons. The third kappa shape index (κ3) is 4.76. The summed E-state index contributed by atoms with van der Waals surface area (Å²) in [5.41, 5.74) is 10.4. The molecule has 0 fully saturated rings. The third-order valence-corrected chi connectivity index (χ3v) is 11.5. The fourth-order valence-corrected chi connectivity index (χ4v) is 9.26. The van der Waals surface area contributed by atoms with Gasteiger partial charge >= 0.3 is 0 Å². The van der Waals surface area contributed by atoms with Crippen molar-refractivity contribution >= 4 is 82.7 Å². The SMILES string of the molecule is CC(C)(C)c1ccc2c(c1)c1sc3ccccc3c1n2-c1cc(Cl)cc(N(C2=C3c4ccccc4OC3CCC2)c2cccc(Cl)c2)c1. The van der Waals surface area contributed by atoms with E-state index < -0.39 is 0 Å². The number of aromatic nitrogens is 1. The fraction of sp³-hybridized carbons (Fsp3) is 0.190. The summed E-state index contributed by atoms with van der Waals surface area (Å²) in [4.78, 5) is 2.36. The van der Waals surface area contributed by atoms with Crippen LogP contribution in [0.15, 0.2) is 115 Å². The molecule has 5 aromatic carbocycles. The van der Waals surface area contributed by atoms with E-state index in [-0.39, 0.29) is 11.5 Å². The average molecular weight is 686 g/mol. The van der Waals surface area contributed by atoms with Gasteiger partial charge in [0.1, 0.15) is 11.9 Å². The van der Waals surface area contributed by atoms with E-state index >= 15 is 0 Å². The van der Waals surface area contributed by atoms with Crippen LogP contribution >= 0.6 is 34.5 Å². The first-order valence-electron chi connectivity index (χ1n) is 16.6. The van der Waals surface area contributed by atoms with Crippen LogP contribution in [0.4, 0.5) is 11.4 Å². The first-order valence-corrected chi connectivity index (χ1v) is 18.1. The molecule has 1 unspecified atom stereocenters. The number of thiophene rings is 1. The zero-order chi connectivity index (χ0) is 32.7. The lowest BCUT2D eigenvalue weighted by Crippen LogP contribution is -2.26.